The number of alkyl halides is 1. The van der Waals surface area contributed by atoms with Crippen molar-refractivity contribution < 1.29 is 8.42 Å². The average molecular weight is 390 g/mol. The maximum Gasteiger partial charge on any atom is 0.218 e. The Morgan fingerprint density at radius 2 is 1.60 bits per heavy atom. The van der Waals surface area contributed by atoms with Crippen LogP contribution in [-0.4, -0.2) is 25.6 Å². The van der Waals surface area contributed by atoms with Crippen LogP contribution in [0.25, 0.3) is 0 Å². The van der Waals surface area contributed by atoms with E-state index in [0.29, 0.717) is 12.8 Å². The molecule has 5 heteroatoms. The lowest BCUT2D eigenvalue weighted by molar-refractivity contribution is 0.178. The van der Waals surface area contributed by atoms with Gasteiger partial charge >= 0.3 is 0 Å². The second-order valence-electron chi connectivity index (χ2n) is 6.87. The molecule has 0 unspecified atom stereocenters. The van der Waals surface area contributed by atoms with Crippen molar-refractivity contribution >= 4 is 21.6 Å². The SMILES string of the molecule is C=CC(C)=CC=C(CCl)CNS(=O)(=O)C(CC)(CC)C(C)(CC)CC. The third-order valence-corrected chi connectivity index (χ3v) is 8.85. The van der Waals surface area contributed by atoms with Crippen LogP contribution in [0.3, 0.4) is 0 Å². The average Bonchev–Trinajstić information content (AvgIpc) is 2.62. The number of sulfonamides is 1. The zero-order valence-corrected chi connectivity index (χ0v) is 18.4. The van der Waals surface area contributed by atoms with Gasteiger partial charge in [0.25, 0.3) is 0 Å². The molecule has 1 N–H and O–H groups in total. The highest BCUT2D eigenvalue weighted by Gasteiger charge is 2.52. The number of rotatable bonds is 12. The van der Waals surface area contributed by atoms with Crippen molar-refractivity contribution in [2.75, 3.05) is 12.4 Å². The normalized spacial score (nSPS) is 14.7. The van der Waals surface area contributed by atoms with Crippen LogP contribution < -0.4 is 4.72 Å². The summed E-state index contributed by atoms with van der Waals surface area (Å²) in [4.78, 5) is 0. The molecule has 146 valence electrons. The summed E-state index contributed by atoms with van der Waals surface area (Å²) in [6, 6.07) is 0. The van der Waals surface area contributed by atoms with E-state index < -0.39 is 14.8 Å². The first-order valence-corrected chi connectivity index (χ1v) is 11.2. The molecule has 0 spiro atoms. The zero-order chi connectivity index (χ0) is 19.7. The molecule has 0 heterocycles. The Morgan fingerprint density at radius 3 is 1.96 bits per heavy atom. The predicted octanol–water partition coefficient (Wildman–Crippen LogP) is 5.59. The van der Waals surface area contributed by atoms with Crippen LogP contribution in [0.4, 0.5) is 0 Å². The van der Waals surface area contributed by atoms with Gasteiger partial charge < -0.3 is 0 Å². The number of hydrogen-bond donors (Lipinski definition) is 1. The number of hydrogen-bond acceptors (Lipinski definition) is 2. The molecular formula is C20H36ClNO2S. The molecule has 3 nitrogen and oxygen atoms in total. The Labute approximate surface area is 160 Å². The fourth-order valence-corrected chi connectivity index (χ4v) is 6.03. The summed E-state index contributed by atoms with van der Waals surface area (Å²) in [7, 11) is -3.51. The third kappa shape index (κ3) is 5.45. The minimum Gasteiger partial charge on any atom is -0.212 e. The summed E-state index contributed by atoms with van der Waals surface area (Å²) in [5.41, 5.74) is 1.57. The summed E-state index contributed by atoms with van der Waals surface area (Å²) >= 11 is 5.99. The van der Waals surface area contributed by atoms with Crippen molar-refractivity contribution in [3.8, 4) is 0 Å². The van der Waals surface area contributed by atoms with Gasteiger partial charge in [0.15, 0.2) is 0 Å². The topological polar surface area (TPSA) is 46.2 Å². The quantitative estimate of drug-likeness (QED) is 0.349. The van der Waals surface area contributed by atoms with Gasteiger partial charge in [-0.05, 0) is 43.6 Å². The van der Waals surface area contributed by atoms with E-state index in [2.05, 4.69) is 32.1 Å². The van der Waals surface area contributed by atoms with Crippen molar-refractivity contribution in [3.05, 3.63) is 36.0 Å². The van der Waals surface area contributed by atoms with Gasteiger partial charge in [0.2, 0.25) is 10.0 Å². The first-order chi connectivity index (χ1) is 11.6. The standard InChI is InChI=1S/C20H36ClNO2S/c1-8-17(6)13-14-18(15-21)16-22-25(23,24)20(11-4,12-5)19(7,9-2)10-3/h8,13-14,22H,1,9-12,15-16H2,2-7H3. The lowest BCUT2D eigenvalue weighted by Gasteiger charge is -2.46. The molecule has 0 radical (unpaired) electrons. The van der Waals surface area contributed by atoms with E-state index >= 15 is 0 Å². The number of halogens is 1. The van der Waals surface area contributed by atoms with E-state index in [-0.39, 0.29) is 17.8 Å². The summed E-state index contributed by atoms with van der Waals surface area (Å²) in [5.74, 6) is 0.285. The van der Waals surface area contributed by atoms with Gasteiger partial charge in [0, 0.05) is 12.4 Å². The first kappa shape index (κ1) is 24.4. The van der Waals surface area contributed by atoms with Crippen molar-refractivity contribution in [1.29, 1.82) is 0 Å². The fraction of sp³-hybridized carbons (Fsp3) is 0.700. The van der Waals surface area contributed by atoms with Crippen molar-refractivity contribution in [2.24, 2.45) is 5.41 Å². The highest BCUT2D eigenvalue weighted by atomic mass is 35.5. The van der Waals surface area contributed by atoms with E-state index in [1.54, 1.807) is 6.08 Å². The molecule has 0 aliphatic heterocycles. The minimum atomic E-state index is -3.51. The van der Waals surface area contributed by atoms with Crippen LogP contribution in [0.15, 0.2) is 36.0 Å². The molecule has 0 bridgehead atoms. The number of nitrogens with one attached hydrogen (secondary N) is 1. The molecule has 0 atom stereocenters. The maximum absolute atomic E-state index is 13.3. The molecule has 25 heavy (non-hydrogen) atoms. The molecule has 0 fully saturated rings. The Kier molecular flexibility index (Phi) is 10.3. The van der Waals surface area contributed by atoms with Gasteiger partial charge in [-0.15, -0.1) is 11.6 Å². The van der Waals surface area contributed by atoms with Gasteiger partial charge in [-0.1, -0.05) is 65.0 Å². The van der Waals surface area contributed by atoms with Crippen molar-refractivity contribution in [2.45, 2.75) is 72.0 Å². The Hall–Kier alpha value is -0.580. The molecule has 0 aromatic rings. The second-order valence-corrected chi connectivity index (χ2v) is 9.21. The molecule has 0 amide bonds. The van der Waals surface area contributed by atoms with Crippen LogP contribution in [0.2, 0.25) is 0 Å². The van der Waals surface area contributed by atoms with E-state index in [9.17, 15) is 8.42 Å². The molecule has 0 saturated heterocycles. The molecule has 0 aromatic heterocycles. The highest BCUT2D eigenvalue weighted by molar-refractivity contribution is 7.91. The van der Waals surface area contributed by atoms with Gasteiger partial charge in [0.05, 0.1) is 4.75 Å². The first-order valence-electron chi connectivity index (χ1n) is 9.17. The molecule has 0 rings (SSSR count). The van der Waals surface area contributed by atoms with Crippen LogP contribution in [0, 0.1) is 5.41 Å². The second kappa shape index (κ2) is 10.5. The zero-order valence-electron chi connectivity index (χ0n) is 16.8. The molecular weight excluding hydrogens is 354 g/mol. The summed E-state index contributed by atoms with van der Waals surface area (Å²) in [5, 5.41) is 0. The third-order valence-electron chi connectivity index (χ3n) is 5.88. The van der Waals surface area contributed by atoms with Gasteiger partial charge in [-0.3, -0.25) is 0 Å². The monoisotopic (exact) mass is 389 g/mol. The number of allylic oxidation sites excluding steroid dienone is 4. The Bertz CT molecular complexity index is 583. The molecule has 0 aromatic carbocycles. The van der Waals surface area contributed by atoms with E-state index in [1.165, 1.54) is 0 Å². The summed E-state index contributed by atoms with van der Waals surface area (Å²) in [6.07, 6.45) is 8.34. The molecule has 0 aliphatic carbocycles. The minimum absolute atomic E-state index is 0.234. The Balaban J connectivity index is 5.68. The van der Waals surface area contributed by atoms with Crippen molar-refractivity contribution in [1.82, 2.24) is 4.72 Å². The summed E-state index contributed by atoms with van der Waals surface area (Å²) < 4.78 is 28.6. The maximum atomic E-state index is 13.3. The van der Waals surface area contributed by atoms with E-state index in [1.807, 2.05) is 32.9 Å². The molecule has 0 saturated carbocycles. The van der Waals surface area contributed by atoms with E-state index in [0.717, 1.165) is 24.0 Å². The fourth-order valence-electron chi connectivity index (χ4n) is 3.50. The van der Waals surface area contributed by atoms with Crippen LogP contribution >= 0.6 is 11.6 Å². The van der Waals surface area contributed by atoms with Gasteiger partial charge in [-0.25, -0.2) is 13.1 Å². The molecule has 0 aliphatic rings. The van der Waals surface area contributed by atoms with Crippen LogP contribution in [0.1, 0.15) is 67.2 Å². The smallest absolute Gasteiger partial charge is 0.212 e. The summed E-state index contributed by atoms with van der Waals surface area (Å²) in [6.45, 7) is 16.1. The van der Waals surface area contributed by atoms with Gasteiger partial charge in [0.1, 0.15) is 0 Å². The van der Waals surface area contributed by atoms with Crippen LogP contribution in [0.5, 0.6) is 0 Å². The largest absolute Gasteiger partial charge is 0.218 e. The van der Waals surface area contributed by atoms with Gasteiger partial charge in [-0.2, -0.15) is 0 Å². The van der Waals surface area contributed by atoms with Crippen LogP contribution in [-0.2, 0) is 10.0 Å². The lowest BCUT2D eigenvalue weighted by atomic mass is 9.69. The Morgan fingerprint density at radius 1 is 1.08 bits per heavy atom. The predicted molar refractivity (Wildman–Crippen MR) is 112 cm³/mol. The van der Waals surface area contributed by atoms with E-state index in [4.69, 9.17) is 11.6 Å². The lowest BCUT2D eigenvalue weighted by Crippen LogP contribution is -2.56. The highest BCUT2D eigenvalue weighted by Crippen LogP contribution is 2.47. The van der Waals surface area contributed by atoms with Crippen molar-refractivity contribution in [3.63, 3.8) is 0 Å².